The van der Waals surface area contributed by atoms with Crippen LogP contribution in [0.3, 0.4) is 0 Å². The zero-order valence-electron chi connectivity index (χ0n) is 13.4. The van der Waals surface area contributed by atoms with Gasteiger partial charge in [-0.3, -0.25) is 0 Å². The Labute approximate surface area is 128 Å². The van der Waals surface area contributed by atoms with Crippen LogP contribution in [0.4, 0.5) is 0 Å². The van der Waals surface area contributed by atoms with Crippen molar-refractivity contribution in [2.75, 3.05) is 13.1 Å². The Hall–Kier alpha value is -0.910. The van der Waals surface area contributed by atoms with E-state index < -0.39 is 10.0 Å². The molecule has 0 spiro atoms. The molecule has 1 aromatic carbocycles. The summed E-state index contributed by atoms with van der Waals surface area (Å²) in [5.74, 6) is 0. The number of nitrogens with one attached hydrogen (secondary N) is 1. The predicted molar refractivity (Wildman–Crippen MR) is 86.0 cm³/mol. The summed E-state index contributed by atoms with van der Waals surface area (Å²) >= 11 is 0. The Morgan fingerprint density at radius 3 is 2.33 bits per heavy atom. The van der Waals surface area contributed by atoms with Crippen LogP contribution in [0.25, 0.3) is 0 Å². The molecule has 1 aliphatic heterocycles. The molecule has 0 radical (unpaired) electrons. The van der Waals surface area contributed by atoms with Crippen molar-refractivity contribution in [3.8, 4) is 0 Å². The third-order valence-corrected chi connectivity index (χ3v) is 5.96. The second kappa shape index (κ2) is 6.46. The molecule has 4 nitrogen and oxygen atoms in total. The average Bonchev–Trinajstić information content (AvgIpc) is 2.87. The molecule has 1 aromatic rings. The molecule has 1 unspecified atom stereocenters. The van der Waals surface area contributed by atoms with Crippen molar-refractivity contribution >= 4 is 10.0 Å². The van der Waals surface area contributed by atoms with Crippen molar-refractivity contribution in [1.82, 2.24) is 9.62 Å². The topological polar surface area (TPSA) is 49.4 Å². The number of rotatable bonds is 5. The van der Waals surface area contributed by atoms with E-state index in [9.17, 15) is 8.42 Å². The fourth-order valence-electron chi connectivity index (χ4n) is 2.93. The Balaban J connectivity index is 2.32. The standard InChI is InChI=1S/C16H26N2O2S/c1-12(2)18(11-15-6-5-7-17-15)21(19,20)16-9-13(3)8-14(4)10-16/h8-10,12,15,17H,5-7,11H2,1-4H3. The molecule has 1 atom stereocenters. The van der Waals surface area contributed by atoms with Gasteiger partial charge in [0.05, 0.1) is 4.90 Å². The van der Waals surface area contributed by atoms with Crippen LogP contribution in [-0.2, 0) is 10.0 Å². The molecule has 2 rings (SSSR count). The minimum absolute atomic E-state index is 0.0433. The van der Waals surface area contributed by atoms with E-state index >= 15 is 0 Å². The van der Waals surface area contributed by atoms with Gasteiger partial charge in [0.1, 0.15) is 0 Å². The highest BCUT2D eigenvalue weighted by Crippen LogP contribution is 2.22. The van der Waals surface area contributed by atoms with Gasteiger partial charge in [-0.2, -0.15) is 4.31 Å². The first-order valence-corrected chi connectivity index (χ1v) is 9.08. The van der Waals surface area contributed by atoms with Crippen molar-refractivity contribution in [3.63, 3.8) is 0 Å². The Kier molecular flexibility index (Phi) is 5.07. The minimum atomic E-state index is -3.44. The smallest absolute Gasteiger partial charge is 0.243 e. The Morgan fingerprint density at radius 1 is 1.24 bits per heavy atom. The van der Waals surface area contributed by atoms with Crippen molar-refractivity contribution in [2.45, 2.75) is 57.5 Å². The highest BCUT2D eigenvalue weighted by atomic mass is 32.2. The van der Waals surface area contributed by atoms with Gasteiger partial charge in [-0.15, -0.1) is 0 Å². The monoisotopic (exact) mass is 310 g/mol. The zero-order chi connectivity index (χ0) is 15.6. The van der Waals surface area contributed by atoms with Crippen molar-refractivity contribution in [1.29, 1.82) is 0 Å². The maximum absolute atomic E-state index is 13.0. The van der Waals surface area contributed by atoms with Crippen LogP contribution in [0.15, 0.2) is 23.1 Å². The fourth-order valence-corrected chi connectivity index (χ4v) is 4.81. The quantitative estimate of drug-likeness (QED) is 0.909. The molecule has 1 N–H and O–H groups in total. The summed E-state index contributed by atoms with van der Waals surface area (Å²) in [6.07, 6.45) is 2.17. The van der Waals surface area contributed by atoms with Crippen LogP contribution in [0, 0.1) is 13.8 Å². The van der Waals surface area contributed by atoms with Crippen LogP contribution in [0.2, 0.25) is 0 Å². The first-order chi connectivity index (χ1) is 9.80. The molecule has 118 valence electrons. The highest BCUT2D eigenvalue weighted by molar-refractivity contribution is 7.89. The molecule has 0 aliphatic carbocycles. The van der Waals surface area contributed by atoms with Gasteiger partial charge in [0, 0.05) is 18.6 Å². The van der Waals surface area contributed by atoms with Gasteiger partial charge in [0.2, 0.25) is 10.0 Å². The predicted octanol–water partition coefficient (Wildman–Crippen LogP) is 2.45. The van der Waals surface area contributed by atoms with E-state index in [1.54, 1.807) is 16.4 Å². The van der Waals surface area contributed by atoms with E-state index in [0.717, 1.165) is 30.5 Å². The van der Waals surface area contributed by atoms with E-state index in [1.165, 1.54) is 0 Å². The number of hydrogen-bond acceptors (Lipinski definition) is 3. The van der Waals surface area contributed by atoms with Gasteiger partial charge in [0.25, 0.3) is 0 Å². The van der Waals surface area contributed by atoms with Crippen molar-refractivity contribution in [3.05, 3.63) is 29.3 Å². The van der Waals surface area contributed by atoms with Gasteiger partial charge >= 0.3 is 0 Å². The van der Waals surface area contributed by atoms with E-state index in [4.69, 9.17) is 0 Å². The molecule has 0 amide bonds. The number of nitrogens with zero attached hydrogens (tertiary/aromatic N) is 1. The highest BCUT2D eigenvalue weighted by Gasteiger charge is 2.30. The van der Waals surface area contributed by atoms with E-state index in [1.807, 2.05) is 33.8 Å². The van der Waals surface area contributed by atoms with Gasteiger partial charge in [-0.05, 0) is 70.3 Å². The summed E-state index contributed by atoms with van der Waals surface area (Å²) in [6.45, 7) is 9.28. The molecule has 0 aromatic heterocycles. The van der Waals surface area contributed by atoms with Crippen LogP contribution >= 0.6 is 0 Å². The molecule has 21 heavy (non-hydrogen) atoms. The maximum Gasteiger partial charge on any atom is 0.243 e. The normalized spacial score (nSPS) is 19.6. The van der Waals surface area contributed by atoms with Gasteiger partial charge in [-0.1, -0.05) is 6.07 Å². The maximum atomic E-state index is 13.0. The van der Waals surface area contributed by atoms with Crippen LogP contribution < -0.4 is 5.32 Å². The minimum Gasteiger partial charge on any atom is -0.313 e. The number of aryl methyl sites for hydroxylation is 2. The lowest BCUT2D eigenvalue weighted by atomic mass is 10.2. The van der Waals surface area contributed by atoms with E-state index in [0.29, 0.717) is 11.4 Å². The SMILES string of the molecule is Cc1cc(C)cc(S(=O)(=O)N(CC2CCCN2)C(C)C)c1. The van der Waals surface area contributed by atoms with Gasteiger partial charge in [-0.25, -0.2) is 8.42 Å². The number of benzene rings is 1. The molecule has 5 heteroatoms. The summed E-state index contributed by atoms with van der Waals surface area (Å²) < 4.78 is 27.6. The van der Waals surface area contributed by atoms with Crippen molar-refractivity contribution in [2.24, 2.45) is 0 Å². The molecular formula is C16H26N2O2S. The Bertz CT molecular complexity index is 570. The van der Waals surface area contributed by atoms with Crippen LogP contribution in [0.1, 0.15) is 37.8 Å². The molecule has 1 fully saturated rings. The van der Waals surface area contributed by atoms with Gasteiger partial charge < -0.3 is 5.32 Å². The molecule has 1 aliphatic rings. The molecular weight excluding hydrogens is 284 g/mol. The largest absolute Gasteiger partial charge is 0.313 e. The first kappa shape index (κ1) is 16.5. The molecule has 1 saturated heterocycles. The molecule has 0 saturated carbocycles. The second-order valence-electron chi connectivity index (χ2n) is 6.29. The van der Waals surface area contributed by atoms with Gasteiger partial charge in [0.15, 0.2) is 0 Å². The summed E-state index contributed by atoms with van der Waals surface area (Å²) in [5.41, 5.74) is 1.97. The lowest BCUT2D eigenvalue weighted by molar-refractivity contribution is 0.322. The zero-order valence-corrected chi connectivity index (χ0v) is 14.2. The van der Waals surface area contributed by atoms with E-state index in [-0.39, 0.29) is 12.1 Å². The summed E-state index contributed by atoms with van der Waals surface area (Å²) in [5, 5.41) is 3.38. The molecule has 0 bridgehead atoms. The Morgan fingerprint density at radius 2 is 1.86 bits per heavy atom. The number of hydrogen-bond donors (Lipinski definition) is 1. The van der Waals surface area contributed by atoms with E-state index in [2.05, 4.69) is 5.32 Å². The average molecular weight is 310 g/mol. The fraction of sp³-hybridized carbons (Fsp3) is 0.625. The molecule has 1 heterocycles. The summed E-state index contributed by atoms with van der Waals surface area (Å²) in [7, 11) is -3.44. The van der Waals surface area contributed by atoms with Crippen LogP contribution in [-0.4, -0.2) is 37.9 Å². The van der Waals surface area contributed by atoms with Crippen molar-refractivity contribution < 1.29 is 8.42 Å². The summed E-state index contributed by atoms with van der Waals surface area (Å²) in [6, 6.07) is 5.75. The third-order valence-electron chi connectivity index (χ3n) is 3.94. The van der Waals surface area contributed by atoms with Crippen LogP contribution in [0.5, 0.6) is 0 Å². The summed E-state index contributed by atoms with van der Waals surface area (Å²) in [4.78, 5) is 0.409. The third kappa shape index (κ3) is 3.84. The second-order valence-corrected chi connectivity index (χ2v) is 8.18. The first-order valence-electron chi connectivity index (χ1n) is 7.64. The lowest BCUT2D eigenvalue weighted by Crippen LogP contribution is -2.44. The number of sulfonamides is 1. The lowest BCUT2D eigenvalue weighted by Gasteiger charge is -2.28.